The van der Waals surface area contributed by atoms with E-state index in [0.29, 0.717) is 35.8 Å². The van der Waals surface area contributed by atoms with Crippen LogP contribution >= 0.6 is 0 Å². The number of benzene rings is 1. The second-order valence-corrected chi connectivity index (χ2v) is 12.9. The molecule has 3 fully saturated rings. The van der Waals surface area contributed by atoms with Crippen molar-refractivity contribution in [2.24, 2.45) is 40.4 Å². The molecule has 0 aliphatic heterocycles. The normalized spacial score (nSPS) is 37.4. The zero-order valence-electron chi connectivity index (χ0n) is 23.3. The van der Waals surface area contributed by atoms with Gasteiger partial charge in [-0.2, -0.15) is 0 Å². The molecule has 0 heterocycles. The Labute approximate surface area is 223 Å². The molecule has 0 spiro atoms. The van der Waals surface area contributed by atoms with Crippen LogP contribution < -0.4 is 0 Å². The van der Waals surface area contributed by atoms with Gasteiger partial charge in [0.05, 0.1) is 12.2 Å². The Morgan fingerprint density at radius 1 is 1.03 bits per heavy atom. The van der Waals surface area contributed by atoms with Crippen LogP contribution in [-0.4, -0.2) is 24.6 Å². The summed E-state index contributed by atoms with van der Waals surface area (Å²) in [5.41, 5.74) is 2.83. The van der Waals surface area contributed by atoms with E-state index in [-0.39, 0.29) is 23.5 Å². The number of ether oxygens (including phenoxy) is 2. The van der Waals surface area contributed by atoms with Crippen molar-refractivity contribution in [2.75, 3.05) is 6.61 Å². The highest BCUT2D eigenvalue weighted by atomic mass is 16.5. The average molecular weight is 507 g/mol. The van der Waals surface area contributed by atoms with Crippen LogP contribution in [0, 0.1) is 40.4 Å². The van der Waals surface area contributed by atoms with Crippen LogP contribution in [0.25, 0.3) is 0 Å². The van der Waals surface area contributed by atoms with Crippen molar-refractivity contribution in [1.82, 2.24) is 0 Å². The van der Waals surface area contributed by atoms with Gasteiger partial charge in [0.25, 0.3) is 0 Å². The molecular weight excluding hydrogens is 460 g/mol. The standard InChI is InChI=1S/C33H46O4/c1-5-36-30(34)16-11-22(2)27-14-15-28-26-13-12-24-21-25(37-31(35)23-9-7-6-8-10-23)17-19-32(24,3)29(26)18-20-33(27,28)4/h6-10,12,22,25-29H,5,11,13-21H2,1-4H3/t22-,25-,26+,27-,28+,29+,32+,33-/m1/s1. The Hall–Kier alpha value is -2.10. The SMILES string of the molecule is CCOC(=O)CC[C@@H](C)[C@H]1CC[C@H]2[C@@H]3CC=C4C[C@H](OC(=O)c5ccccc5)CC[C@]4(C)[C@H]3CC[C@]12C. The first-order valence-corrected chi connectivity index (χ1v) is 14.9. The highest BCUT2D eigenvalue weighted by Gasteiger charge is 2.59. The molecule has 4 heteroatoms. The molecular formula is C33H46O4. The Kier molecular flexibility index (Phi) is 7.58. The first-order chi connectivity index (χ1) is 17.8. The molecule has 3 saturated carbocycles. The topological polar surface area (TPSA) is 52.6 Å². The summed E-state index contributed by atoms with van der Waals surface area (Å²) < 4.78 is 11.2. The van der Waals surface area contributed by atoms with Crippen LogP contribution in [0.1, 0.15) is 102 Å². The predicted molar refractivity (Wildman–Crippen MR) is 146 cm³/mol. The smallest absolute Gasteiger partial charge is 0.338 e. The average Bonchev–Trinajstić information content (AvgIpc) is 3.25. The van der Waals surface area contributed by atoms with Gasteiger partial charge in [-0.05, 0) is 111 Å². The Morgan fingerprint density at radius 2 is 1.81 bits per heavy atom. The van der Waals surface area contributed by atoms with Gasteiger partial charge in [0.15, 0.2) is 0 Å². The first kappa shape index (κ1) is 26.5. The Balaban J connectivity index is 1.25. The fourth-order valence-corrected chi connectivity index (χ4v) is 9.28. The maximum atomic E-state index is 12.7. The molecule has 202 valence electrons. The van der Waals surface area contributed by atoms with Crippen molar-refractivity contribution < 1.29 is 19.1 Å². The van der Waals surface area contributed by atoms with E-state index in [1.165, 1.54) is 32.1 Å². The van der Waals surface area contributed by atoms with Crippen LogP contribution in [-0.2, 0) is 14.3 Å². The Bertz CT molecular complexity index is 1010. The number of carbonyl (C=O) groups excluding carboxylic acids is 2. The molecule has 0 saturated heterocycles. The fourth-order valence-electron chi connectivity index (χ4n) is 9.28. The molecule has 8 atom stereocenters. The van der Waals surface area contributed by atoms with Crippen molar-refractivity contribution >= 4 is 11.9 Å². The second kappa shape index (κ2) is 10.6. The van der Waals surface area contributed by atoms with Crippen LogP contribution in [0.3, 0.4) is 0 Å². The van der Waals surface area contributed by atoms with Crippen LogP contribution in [0.4, 0.5) is 0 Å². The van der Waals surface area contributed by atoms with E-state index in [0.717, 1.165) is 43.4 Å². The monoisotopic (exact) mass is 506 g/mol. The van der Waals surface area contributed by atoms with Crippen molar-refractivity contribution in [3.05, 3.63) is 47.5 Å². The molecule has 0 N–H and O–H groups in total. The minimum atomic E-state index is -0.189. The van der Waals surface area contributed by atoms with E-state index in [4.69, 9.17) is 9.47 Å². The summed E-state index contributed by atoms with van der Waals surface area (Å²) in [6, 6.07) is 9.39. The summed E-state index contributed by atoms with van der Waals surface area (Å²) in [6.45, 7) is 9.83. The van der Waals surface area contributed by atoms with Crippen molar-refractivity contribution in [3.8, 4) is 0 Å². The molecule has 1 aromatic rings. The maximum absolute atomic E-state index is 12.7. The third kappa shape index (κ3) is 4.90. The van der Waals surface area contributed by atoms with Crippen LogP contribution in [0.2, 0.25) is 0 Å². The quantitative estimate of drug-likeness (QED) is 0.280. The number of esters is 2. The number of hydrogen-bond donors (Lipinski definition) is 0. The van der Waals surface area contributed by atoms with Crippen molar-refractivity contribution in [1.29, 1.82) is 0 Å². The maximum Gasteiger partial charge on any atom is 0.338 e. The van der Waals surface area contributed by atoms with Gasteiger partial charge < -0.3 is 9.47 Å². The third-order valence-corrected chi connectivity index (χ3v) is 11.2. The van der Waals surface area contributed by atoms with Gasteiger partial charge in [0.1, 0.15) is 6.10 Å². The van der Waals surface area contributed by atoms with Gasteiger partial charge in [0.2, 0.25) is 0 Å². The lowest BCUT2D eigenvalue weighted by Gasteiger charge is -2.58. The molecule has 0 unspecified atom stereocenters. The van der Waals surface area contributed by atoms with Gasteiger partial charge in [-0.25, -0.2) is 4.79 Å². The molecule has 0 radical (unpaired) electrons. The number of carbonyl (C=O) groups is 2. The third-order valence-electron chi connectivity index (χ3n) is 11.2. The van der Waals surface area contributed by atoms with Gasteiger partial charge in [-0.3, -0.25) is 4.79 Å². The zero-order chi connectivity index (χ0) is 26.2. The van der Waals surface area contributed by atoms with E-state index in [1.807, 2.05) is 37.3 Å². The summed E-state index contributed by atoms with van der Waals surface area (Å²) in [5.74, 6) is 3.33. The van der Waals surface area contributed by atoms with Crippen molar-refractivity contribution in [3.63, 3.8) is 0 Å². The molecule has 37 heavy (non-hydrogen) atoms. The van der Waals surface area contributed by atoms with Crippen LogP contribution in [0.5, 0.6) is 0 Å². The van der Waals surface area contributed by atoms with Gasteiger partial charge in [-0.1, -0.05) is 50.6 Å². The lowest BCUT2D eigenvalue weighted by atomic mass is 9.47. The number of fused-ring (bicyclic) bond motifs is 5. The summed E-state index contributed by atoms with van der Waals surface area (Å²) >= 11 is 0. The van der Waals surface area contributed by atoms with Crippen molar-refractivity contribution in [2.45, 2.75) is 98.0 Å². The minimum absolute atomic E-state index is 0.00598. The molecule has 4 aliphatic rings. The van der Waals surface area contributed by atoms with E-state index in [1.54, 1.807) is 5.57 Å². The first-order valence-electron chi connectivity index (χ1n) is 14.9. The minimum Gasteiger partial charge on any atom is -0.466 e. The highest BCUT2D eigenvalue weighted by molar-refractivity contribution is 5.89. The van der Waals surface area contributed by atoms with Gasteiger partial charge in [-0.15, -0.1) is 0 Å². The molecule has 4 nitrogen and oxygen atoms in total. The number of rotatable bonds is 7. The number of hydrogen-bond acceptors (Lipinski definition) is 4. The largest absolute Gasteiger partial charge is 0.466 e. The van der Waals surface area contributed by atoms with Gasteiger partial charge >= 0.3 is 11.9 Å². The molecule has 0 bridgehead atoms. The zero-order valence-corrected chi connectivity index (χ0v) is 23.3. The molecule has 5 rings (SSSR count). The molecule has 0 amide bonds. The summed E-state index contributed by atoms with van der Waals surface area (Å²) in [4.78, 5) is 24.7. The van der Waals surface area contributed by atoms with E-state index >= 15 is 0 Å². The Morgan fingerprint density at radius 3 is 2.57 bits per heavy atom. The predicted octanol–water partition coefficient (Wildman–Crippen LogP) is 7.77. The molecule has 1 aromatic carbocycles. The molecule has 4 aliphatic carbocycles. The van der Waals surface area contributed by atoms with Crippen LogP contribution in [0.15, 0.2) is 42.0 Å². The van der Waals surface area contributed by atoms with E-state index < -0.39 is 0 Å². The highest BCUT2D eigenvalue weighted by Crippen LogP contribution is 2.67. The van der Waals surface area contributed by atoms with E-state index in [2.05, 4.69) is 26.8 Å². The summed E-state index contributed by atoms with van der Waals surface area (Å²) in [6.07, 6.45) is 13.5. The lowest BCUT2D eigenvalue weighted by molar-refractivity contribution is -0.143. The van der Waals surface area contributed by atoms with Gasteiger partial charge in [0, 0.05) is 12.8 Å². The molecule has 0 aromatic heterocycles. The summed E-state index contributed by atoms with van der Waals surface area (Å²) in [7, 11) is 0. The summed E-state index contributed by atoms with van der Waals surface area (Å²) in [5, 5.41) is 0. The fraction of sp³-hybridized carbons (Fsp3) is 0.697. The van der Waals surface area contributed by atoms with E-state index in [9.17, 15) is 9.59 Å². The second-order valence-electron chi connectivity index (χ2n) is 12.9. The number of allylic oxidation sites excluding steroid dienone is 1. The lowest BCUT2D eigenvalue weighted by Crippen LogP contribution is -2.51.